The summed E-state index contributed by atoms with van der Waals surface area (Å²) in [6, 6.07) is 0. The van der Waals surface area contributed by atoms with Gasteiger partial charge < -0.3 is 14.2 Å². The quantitative estimate of drug-likeness (QED) is 0.482. The van der Waals surface area contributed by atoms with E-state index in [2.05, 4.69) is 0 Å². The van der Waals surface area contributed by atoms with Crippen molar-refractivity contribution < 1.29 is 36.4 Å². The fourth-order valence-electron chi connectivity index (χ4n) is 2.84. The van der Waals surface area contributed by atoms with E-state index in [1.54, 1.807) is 6.92 Å². The molecular formula is C15H24O8S. The molecule has 0 aromatic heterocycles. The summed E-state index contributed by atoms with van der Waals surface area (Å²) in [4.78, 5) is 23.5. The molecule has 1 aliphatic heterocycles. The summed E-state index contributed by atoms with van der Waals surface area (Å²) < 4.78 is 44.2. The molecule has 5 unspecified atom stereocenters. The molecule has 24 heavy (non-hydrogen) atoms. The number of hydrogen-bond donors (Lipinski definition) is 0. The third-order valence-corrected chi connectivity index (χ3v) is 6.24. The number of hydrogen-bond acceptors (Lipinski definition) is 8. The first kappa shape index (κ1) is 19.1. The van der Waals surface area contributed by atoms with E-state index in [1.807, 2.05) is 6.92 Å². The zero-order valence-corrected chi connectivity index (χ0v) is 14.9. The van der Waals surface area contributed by atoms with Crippen molar-refractivity contribution in [3.8, 4) is 0 Å². The number of methoxy groups -OCH3 is 1. The van der Waals surface area contributed by atoms with Gasteiger partial charge in [-0.3, -0.25) is 13.8 Å². The molecule has 1 saturated heterocycles. The predicted octanol–water partition coefficient (Wildman–Crippen LogP) is 0.784. The van der Waals surface area contributed by atoms with E-state index < -0.39 is 39.6 Å². The summed E-state index contributed by atoms with van der Waals surface area (Å²) in [7, 11) is -2.18. The maximum atomic E-state index is 12.0. The first-order chi connectivity index (χ1) is 11.3. The number of fused-ring (bicyclic) bond motifs is 2. The summed E-state index contributed by atoms with van der Waals surface area (Å²) in [6.45, 7) is 3.55. The monoisotopic (exact) mass is 364 g/mol. The summed E-state index contributed by atoms with van der Waals surface area (Å²) in [5.74, 6) is -1.15. The van der Waals surface area contributed by atoms with Gasteiger partial charge >= 0.3 is 11.9 Å². The van der Waals surface area contributed by atoms with Crippen molar-refractivity contribution in [1.82, 2.24) is 0 Å². The van der Waals surface area contributed by atoms with Gasteiger partial charge in [-0.15, -0.1) is 0 Å². The number of rotatable bonds is 7. The van der Waals surface area contributed by atoms with Gasteiger partial charge in [0.1, 0.15) is 12.7 Å². The number of esters is 2. The Bertz CT molecular complexity index is 572. The minimum absolute atomic E-state index is 0.0706. The third kappa shape index (κ3) is 4.25. The molecule has 5 atom stereocenters. The van der Waals surface area contributed by atoms with E-state index in [0.717, 1.165) is 0 Å². The lowest BCUT2D eigenvalue weighted by Crippen LogP contribution is -2.46. The van der Waals surface area contributed by atoms with Gasteiger partial charge in [-0.1, -0.05) is 13.8 Å². The largest absolute Gasteiger partial charge is 0.465 e. The molecule has 0 aromatic rings. The molecule has 2 fully saturated rings. The summed E-state index contributed by atoms with van der Waals surface area (Å²) in [5.41, 5.74) is 0. The molecule has 0 aromatic carbocycles. The Labute approximate surface area is 141 Å². The zero-order chi connectivity index (χ0) is 17.9. The zero-order valence-electron chi connectivity index (χ0n) is 14.1. The predicted molar refractivity (Wildman–Crippen MR) is 82.5 cm³/mol. The van der Waals surface area contributed by atoms with Gasteiger partial charge in [-0.05, 0) is 19.3 Å². The van der Waals surface area contributed by atoms with Crippen molar-refractivity contribution in [2.75, 3.05) is 13.7 Å². The second kappa shape index (κ2) is 7.79. The van der Waals surface area contributed by atoms with Crippen LogP contribution in [0.2, 0.25) is 0 Å². The molecule has 2 rings (SSSR count). The highest BCUT2D eigenvalue weighted by Crippen LogP contribution is 2.38. The Kier molecular flexibility index (Phi) is 6.22. The highest BCUT2D eigenvalue weighted by Gasteiger charge is 2.53. The second-order valence-corrected chi connectivity index (χ2v) is 8.02. The van der Waals surface area contributed by atoms with Crippen LogP contribution in [0.3, 0.4) is 0 Å². The number of carbonyl (C=O) groups is 2. The Morgan fingerprint density at radius 3 is 2.62 bits per heavy atom. The van der Waals surface area contributed by atoms with E-state index in [9.17, 15) is 18.0 Å². The summed E-state index contributed by atoms with van der Waals surface area (Å²) in [5, 5.41) is -0.612. The molecule has 2 bridgehead atoms. The summed E-state index contributed by atoms with van der Waals surface area (Å²) in [6.07, 6.45) is -0.934. The fraction of sp³-hybridized carbons (Fsp3) is 0.867. The van der Waals surface area contributed by atoms with Crippen LogP contribution in [-0.2, 0) is 38.1 Å². The standard InChI is InChI=1S/C15H24O8S/c1-4-9(2)15(17)21-6-5-13(16)22-14-11(20-3)7-10-8-12(14)23-24(10,18)19/h9-12,14H,4-8H2,1-3H3. The molecular weight excluding hydrogens is 340 g/mol. The van der Waals surface area contributed by atoms with Crippen LogP contribution in [0.15, 0.2) is 0 Å². The second-order valence-electron chi connectivity index (χ2n) is 6.18. The van der Waals surface area contributed by atoms with Gasteiger partial charge in [0.2, 0.25) is 0 Å². The molecule has 0 radical (unpaired) electrons. The minimum Gasteiger partial charge on any atom is -0.465 e. The maximum Gasteiger partial charge on any atom is 0.309 e. The highest BCUT2D eigenvalue weighted by atomic mass is 32.2. The molecule has 1 heterocycles. The van der Waals surface area contributed by atoms with Crippen LogP contribution in [0.1, 0.15) is 39.5 Å². The molecule has 8 nitrogen and oxygen atoms in total. The van der Waals surface area contributed by atoms with Gasteiger partial charge in [0.05, 0.1) is 23.7 Å². The lowest BCUT2D eigenvalue weighted by molar-refractivity contribution is -0.168. The Morgan fingerprint density at radius 1 is 1.29 bits per heavy atom. The molecule has 9 heteroatoms. The molecule has 0 spiro atoms. The smallest absolute Gasteiger partial charge is 0.309 e. The first-order valence-corrected chi connectivity index (χ1v) is 9.56. The summed E-state index contributed by atoms with van der Waals surface area (Å²) >= 11 is 0. The van der Waals surface area contributed by atoms with Crippen molar-refractivity contribution in [2.24, 2.45) is 5.92 Å². The van der Waals surface area contributed by atoms with Crippen molar-refractivity contribution in [2.45, 2.75) is 63.1 Å². The Morgan fingerprint density at radius 2 is 2.00 bits per heavy atom. The average Bonchev–Trinajstić information content (AvgIpc) is 2.79. The van der Waals surface area contributed by atoms with Crippen molar-refractivity contribution in [3.05, 3.63) is 0 Å². The number of ether oxygens (including phenoxy) is 3. The SMILES string of the molecule is CCC(C)C(=O)OCCC(=O)OC1C(OC)CC2CC1OS2(=O)=O. The highest BCUT2D eigenvalue weighted by molar-refractivity contribution is 7.87. The lowest BCUT2D eigenvalue weighted by Gasteiger charge is -2.32. The Balaban J connectivity index is 1.85. The molecule has 1 aliphatic carbocycles. The van der Waals surface area contributed by atoms with E-state index >= 15 is 0 Å². The topological polar surface area (TPSA) is 105 Å². The van der Waals surface area contributed by atoms with E-state index in [-0.39, 0.29) is 31.3 Å². The maximum absolute atomic E-state index is 12.0. The van der Waals surface area contributed by atoms with Crippen LogP contribution >= 0.6 is 0 Å². The van der Waals surface area contributed by atoms with Crippen molar-refractivity contribution >= 4 is 22.1 Å². The van der Waals surface area contributed by atoms with Gasteiger partial charge in [-0.25, -0.2) is 0 Å². The third-order valence-electron chi connectivity index (χ3n) is 4.52. The van der Waals surface area contributed by atoms with E-state index in [1.165, 1.54) is 7.11 Å². The molecule has 0 N–H and O–H groups in total. The van der Waals surface area contributed by atoms with Crippen LogP contribution in [0.4, 0.5) is 0 Å². The normalized spacial score (nSPS) is 32.1. The molecule has 1 saturated carbocycles. The minimum atomic E-state index is -3.62. The van der Waals surface area contributed by atoms with Crippen LogP contribution in [0, 0.1) is 5.92 Å². The van der Waals surface area contributed by atoms with Crippen LogP contribution in [0.25, 0.3) is 0 Å². The van der Waals surface area contributed by atoms with Gasteiger partial charge in [-0.2, -0.15) is 8.42 Å². The van der Waals surface area contributed by atoms with E-state index in [0.29, 0.717) is 12.8 Å². The van der Waals surface area contributed by atoms with Crippen LogP contribution in [-0.4, -0.2) is 57.6 Å². The van der Waals surface area contributed by atoms with E-state index in [4.69, 9.17) is 18.4 Å². The first-order valence-electron chi connectivity index (χ1n) is 8.09. The molecule has 2 aliphatic rings. The van der Waals surface area contributed by atoms with Crippen molar-refractivity contribution in [1.29, 1.82) is 0 Å². The fourth-order valence-corrected chi connectivity index (χ4v) is 4.38. The van der Waals surface area contributed by atoms with Crippen LogP contribution in [0.5, 0.6) is 0 Å². The number of carbonyl (C=O) groups excluding carboxylic acids is 2. The van der Waals surface area contributed by atoms with Gasteiger partial charge in [0, 0.05) is 7.11 Å². The van der Waals surface area contributed by atoms with Gasteiger partial charge in [0.15, 0.2) is 6.10 Å². The average molecular weight is 364 g/mol. The lowest BCUT2D eigenvalue weighted by atomic mass is 9.91. The Hall–Kier alpha value is -1.19. The van der Waals surface area contributed by atoms with Crippen LogP contribution < -0.4 is 0 Å². The van der Waals surface area contributed by atoms with Gasteiger partial charge in [0.25, 0.3) is 10.1 Å². The van der Waals surface area contributed by atoms with Crippen molar-refractivity contribution in [3.63, 3.8) is 0 Å². The molecule has 138 valence electrons. The molecule has 0 amide bonds.